The first kappa shape index (κ1) is 5.34. The van der Waals surface area contributed by atoms with Gasteiger partial charge in [-0.15, -0.1) is 0 Å². The summed E-state index contributed by atoms with van der Waals surface area (Å²) in [4.78, 5) is 0. The van der Waals surface area contributed by atoms with E-state index in [0.29, 0.717) is 0 Å². The van der Waals surface area contributed by atoms with Gasteiger partial charge in [0, 0.05) is 11.6 Å². The van der Waals surface area contributed by atoms with Gasteiger partial charge in [-0.3, -0.25) is 2.78 Å². The SMILES string of the molecule is In1ccc2ccoc21. The van der Waals surface area contributed by atoms with Crippen molar-refractivity contribution in [3.05, 3.63) is 24.6 Å². The molecule has 2 heterocycles. The molecule has 0 unspecified atom stereocenters. The molecule has 0 aliphatic rings. The second kappa shape index (κ2) is 1.76. The fraction of sp³-hybridized carbons (Fsp3) is 0. The predicted molar refractivity (Wildman–Crippen MR) is 43.6 cm³/mol. The quantitative estimate of drug-likeness (QED) is 0.639. The van der Waals surface area contributed by atoms with E-state index in [1.54, 1.807) is 6.26 Å². The molecule has 0 atom stereocenters. The normalized spacial score (nSPS) is 10.8. The molecule has 0 aliphatic carbocycles. The molecule has 0 aliphatic heterocycles. The average Bonchev–Trinajstić information content (AvgIpc) is 2.35. The number of halogens is 1. The van der Waals surface area contributed by atoms with Crippen LogP contribution in [-0.2, 0) is 0 Å². The lowest BCUT2D eigenvalue weighted by Gasteiger charge is -1.82. The number of rotatable bonds is 0. The van der Waals surface area contributed by atoms with Gasteiger partial charge in [0.05, 0.1) is 29.1 Å². The molecule has 0 radical (unpaired) electrons. The molecule has 2 nitrogen and oxygen atoms in total. The molecule has 2 rings (SSSR count). The van der Waals surface area contributed by atoms with Crippen molar-refractivity contribution >= 4 is 34.0 Å². The Morgan fingerprint density at radius 2 is 2.33 bits per heavy atom. The van der Waals surface area contributed by atoms with Crippen molar-refractivity contribution in [3.8, 4) is 0 Å². The van der Waals surface area contributed by atoms with Gasteiger partial charge in [-0.2, -0.15) is 0 Å². The smallest absolute Gasteiger partial charge is 0.215 e. The predicted octanol–water partition coefficient (Wildman–Crippen LogP) is 2.43. The van der Waals surface area contributed by atoms with Crippen LogP contribution in [0.2, 0.25) is 0 Å². The van der Waals surface area contributed by atoms with Crippen LogP contribution >= 0.6 is 22.9 Å². The zero-order valence-corrected chi connectivity index (χ0v) is 6.70. The summed E-state index contributed by atoms with van der Waals surface area (Å²) < 4.78 is 7.07. The summed E-state index contributed by atoms with van der Waals surface area (Å²) >= 11 is 2.17. The van der Waals surface area contributed by atoms with Gasteiger partial charge in [0.1, 0.15) is 0 Å². The minimum absolute atomic E-state index is 0.926. The summed E-state index contributed by atoms with van der Waals surface area (Å²) in [5.74, 6) is 0. The van der Waals surface area contributed by atoms with E-state index in [0.717, 1.165) is 11.1 Å². The molecular weight excluding hydrogens is 229 g/mol. The van der Waals surface area contributed by atoms with Gasteiger partial charge in [0.15, 0.2) is 0 Å². The van der Waals surface area contributed by atoms with E-state index in [1.165, 1.54) is 0 Å². The molecule has 0 spiro atoms. The molecule has 2 aromatic heterocycles. The molecule has 0 fully saturated rings. The van der Waals surface area contributed by atoms with Crippen LogP contribution in [0.1, 0.15) is 0 Å². The Morgan fingerprint density at radius 1 is 1.44 bits per heavy atom. The van der Waals surface area contributed by atoms with Crippen LogP contribution in [0, 0.1) is 0 Å². The van der Waals surface area contributed by atoms with Gasteiger partial charge in [-0.25, -0.2) is 0 Å². The van der Waals surface area contributed by atoms with E-state index in [9.17, 15) is 0 Å². The Morgan fingerprint density at radius 3 is 3.11 bits per heavy atom. The highest BCUT2D eigenvalue weighted by Crippen LogP contribution is 2.17. The summed E-state index contributed by atoms with van der Waals surface area (Å²) in [7, 11) is 0. The van der Waals surface area contributed by atoms with Crippen molar-refractivity contribution in [2.24, 2.45) is 0 Å². The van der Waals surface area contributed by atoms with Crippen LogP contribution in [0.25, 0.3) is 11.1 Å². The first-order chi connectivity index (χ1) is 4.38. The monoisotopic (exact) mass is 233 g/mol. The molecule has 0 amide bonds. The van der Waals surface area contributed by atoms with Crippen LogP contribution in [-0.4, -0.2) is 2.78 Å². The van der Waals surface area contributed by atoms with E-state index >= 15 is 0 Å². The minimum atomic E-state index is 0.926. The van der Waals surface area contributed by atoms with Crippen molar-refractivity contribution < 1.29 is 4.42 Å². The summed E-state index contributed by atoms with van der Waals surface area (Å²) in [5, 5.41) is 1.16. The van der Waals surface area contributed by atoms with Crippen LogP contribution in [0.15, 0.2) is 29.0 Å². The maximum Gasteiger partial charge on any atom is 0.215 e. The van der Waals surface area contributed by atoms with Crippen molar-refractivity contribution in [2.45, 2.75) is 0 Å². The first-order valence-corrected chi connectivity index (χ1v) is 3.55. The second-order valence-corrected chi connectivity index (χ2v) is 2.85. The Bertz CT molecular complexity index is 322. The third kappa shape index (κ3) is 0.676. The summed E-state index contributed by atoms with van der Waals surface area (Å²) in [6, 6.07) is 3.97. The molecule has 2 aromatic rings. The van der Waals surface area contributed by atoms with Crippen molar-refractivity contribution in [1.82, 2.24) is 2.78 Å². The van der Waals surface area contributed by atoms with Crippen LogP contribution in [0.3, 0.4) is 0 Å². The third-order valence-electron chi connectivity index (χ3n) is 1.25. The maximum atomic E-state index is 5.14. The Kier molecular flexibility index (Phi) is 1.05. The highest BCUT2D eigenvalue weighted by Gasteiger charge is 1.98. The van der Waals surface area contributed by atoms with E-state index in [2.05, 4.69) is 22.9 Å². The molecule has 0 bridgehead atoms. The van der Waals surface area contributed by atoms with Gasteiger partial charge in [0.2, 0.25) is 5.71 Å². The molecule has 0 saturated heterocycles. The van der Waals surface area contributed by atoms with Gasteiger partial charge in [-0.1, -0.05) is 0 Å². The first-order valence-electron chi connectivity index (χ1n) is 2.58. The molecule has 9 heavy (non-hydrogen) atoms. The van der Waals surface area contributed by atoms with Crippen LogP contribution in [0.5, 0.6) is 0 Å². The summed E-state index contributed by atoms with van der Waals surface area (Å²) in [5.41, 5.74) is 0.926. The zero-order valence-electron chi connectivity index (χ0n) is 4.54. The topological polar surface area (TPSA) is 18.1 Å². The Hall–Kier alpha value is -0.450. The number of hydrogen-bond donors (Lipinski definition) is 0. The van der Waals surface area contributed by atoms with E-state index in [1.807, 2.05) is 21.1 Å². The lowest BCUT2D eigenvalue weighted by molar-refractivity contribution is 0.603. The number of aromatic nitrogens is 1. The van der Waals surface area contributed by atoms with Crippen LogP contribution < -0.4 is 0 Å². The Labute approximate surface area is 65.9 Å². The van der Waals surface area contributed by atoms with Gasteiger partial charge >= 0.3 is 0 Å². The lowest BCUT2D eigenvalue weighted by Crippen LogP contribution is -1.67. The molecule has 46 valence electrons. The second-order valence-electron chi connectivity index (χ2n) is 1.81. The van der Waals surface area contributed by atoms with Gasteiger partial charge in [-0.05, 0) is 12.1 Å². The summed E-state index contributed by atoms with van der Waals surface area (Å²) in [6.45, 7) is 0. The fourth-order valence-corrected chi connectivity index (χ4v) is 1.38. The zero-order chi connectivity index (χ0) is 6.27. The molecular formula is C6H4INO. The molecule has 0 aromatic carbocycles. The van der Waals surface area contributed by atoms with Gasteiger partial charge in [0.25, 0.3) is 0 Å². The molecule has 0 N–H and O–H groups in total. The number of fused-ring (bicyclic) bond motifs is 1. The minimum Gasteiger partial charge on any atom is -0.447 e. The highest BCUT2D eigenvalue weighted by molar-refractivity contribution is 14.1. The van der Waals surface area contributed by atoms with Crippen LogP contribution in [0.4, 0.5) is 0 Å². The van der Waals surface area contributed by atoms with Crippen molar-refractivity contribution in [2.75, 3.05) is 0 Å². The van der Waals surface area contributed by atoms with E-state index in [-0.39, 0.29) is 0 Å². The standard InChI is InChI=1S/C6H4INO/c7-8-3-1-5-2-4-9-6(5)8/h1-4H. The van der Waals surface area contributed by atoms with E-state index in [4.69, 9.17) is 4.42 Å². The van der Waals surface area contributed by atoms with Crippen molar-refractivity contribution in [1.29, 1.82) is 0 Å². The highest BCUT2D eigenvalue weighted by atomic mass is 127. The molecule has 0 saturated carbocycles. The maximum absolute atomic E-state index is 5.14. The molecule has 3 heteroatoms. The number of nitrogens with zero attached hydrogens (tertiary/aromatic N) is 1. The Balaban J connectivity index is 2.99. The lowest BCUT2D eigenvalue weighted by atomic mass is 10.4. The number of hydrogen-bond acceptors (Lipinski definition) is 1. The van der Waals surface area contributed by atoms with Crippen molar-refractivity contribution in [3.63, 3.8) is 0 Å². The van der Waals surface area contributed by atoms with E-state index < -0.39 is 0 Å². The third-order valence-corrected chi connectivity index (χ3v) is 2.01. The fourth-order valence-electron chi connectivity index (χ4n) is 0.825. The number of furan rings is 1. The summed E-state index contributed by atoms with van der Waals surface area (Å²) in [6.07, 6.45) is 3.66. The largest absolute Gasteiger partial charge is 0.447 e. The average molecular weight is 233 g/mol. The van der Waals surface area contributed by atoms with Gasteiger partial charge < -0.3 is 4.42 Å².